The number of piperazine rings is 1. The molecular formula is C16H17ClN2O3. The highest BCUT2D eigenvalue weighted by atomic mass is 35.5. The van der Waals surface area contributed by atoms with Crippen LogP contribution in [0.25, 0.3) is 11.0 Å². The smallest absolute Gasteiger partial charge is 0.290 e. The third-order valence-corrected chi connectivity index (χ3v) is 4.34. The van der Waals surface area contributed by atoms with Crippen molar-refractivity contribution in [2.24, 2.45) is 0 Å². The van der Waals surface area contributed by atoms with Crippen LogP contribution in [0.15, 0.2) is 22.6 Å². The Balaban J connectivity index is 1.84. The van der Waals surface area contributed by atoms with E-state index in [2.05, 4.69) is 0 Å². The summed E-state index contributed by atoms with van der Waals surface area (Å²) in [7, 11) is 0. The fraction of sp³-hybridized carbons (Fsp3) is 0.375. The first-order valence-corrected chi connectivity index (χ1v) is 7.58. The Hall–Kier alpha value is -2.01. The minimum Gasteiger partial charge on any atom is -0.451 e. The monoisotopic (exact) mass is 320 g/mol. The zero-order valence-corrected chi connectivity index (χ0v) is 13.3. The van der Waals surface area contributed by atoms with Crippen LogP contribution >= 0.6 is 11.6 Å². The van der Waals surface area contributed by atoms with Crippen LogP contribution in [-0.2, 0) is 4.79 Å². The van der Waals surface area contributed by atoms with E-state index in [1.54, 1.807) is 34.9 Å². The van der Waals surface area contributed by atoms with Gasteiger partial charge in [0.25, 0.3) is 5.91 Å². The number of fused-ring (bicyclic) bond motifs is 1. The van der Waals surface area contributed by atoms with Gasteiger partial charge in [0, 0.05) is 49.1 Å². The van der Waals surface area contributed by atoms with Gasteiger partial charge in [-0.15, -0.1) is 0 Å². The predicted octanol–water partition coefficient (Wildman–Crippen LogP) is 2.70. The highest BCUT2D eigenvalue weighted by Crippen LogP contribution is 2.28. The highest BCUT2D eigenvalue weighted by molar-refractivity contribution is 6.31. The van der Waals surface area contributed by atoms with Gasteiger partial charge < -0.3 is 14.2 Å². The lowest BCUT2D eigenvalue weighted by molar-refractivity contribution is -0.130. The van der Waals surface area contributed by atoms with Crippen molar-refractivity contribution in [3.63, 3.8) is 0 Å². The van der Waals surface area contributed by atoms with Crippen molar-refractivity contribution in [2.45, 2.75) is 13.8 Å². The summed E-state index contributed by atoms with van der Waals surface area (Å²) in [5.41, 5.74) is 1.46. The van der Waals surface area contributed by atoms with Crippen LogP contribution < -0.4 is 0 Å². The number of benzene rings is 1. The molecule has 116 valence electrons. The van der Waals surface area contributed by atoms with Crippen molar-refractivity contribution in [3.8, 4) is 0 Å². The Kier molecular flexibility index (Phi) is 3.83. The molecule has 0 saturated carbocycles. The molecule has 0 N–H and O–H groups in total. The molecule has 1 aliphatic heterocycles. The molecule has 0 radical (unpaired) electrons. The molecule has 1 saturated heterocycles. The lowest BCUT2D eigenvalue weighted by Gasteiger charge is -2.33. The summed E-state index contributed by atoms with van der Waals surface area (Å²) in [5.74, 6) is 0.267. The van der Waals surface area contributed by atoms with Gasteiger partial charge in [0.05, 0.1) is 0 Å². The molecule has 0 bridgehead atoms. The lowest BCUT2D eigenvalue weighted by atomic mass is 10.1. The van der Waals surface area contributed by atoms with Crippen LogP contribution in [0, 0.1) is 6.92 Å². The van der Waals surface area contributed by atoms with Gasteiger partial charge in [-0.05, 0) is 25.1 Å². The van der Waals surface area contributed by atoms with E-state index in [9.17, 15) is 9.59 Å². The molecule has 2 aromatic rings. The summed E-state index contributed by atoms with van der Waals surface area (Å²) in [6.07, 6.45) is 0. The Morgan fingerprint density at radius 2 is 1.77 bits per heavy atom. The molecule has 1 fully saturated rings. The summed E-state index contributed by atoms with van der Waals surface area (Å²) >= 11 is 6.00. The third kappa shape index (κ3) is 2.57. The predicted molar refractivity (Wildman–Crippen MR) is 84.1 cm³/mol. The fourth-order valence-corrected chi connectivity index (χ4v) is 2.94. The normalized spacial score (nSPS) is 15.4. The first kappa shape index (κ1) is 14.9. The number of carbonyl (C=O) groups is 2. The number of carbonyl (C=O) groups excluding carboxylic acids is 2. The van der Waals surface area contributed by atoms with E-state index >= 15 is 0 Å². The van der Waals surface area contributed by atoms with Crippen LogP contribution in [0.1, 0.15) is 23.0 Å². The SMILES string of the molecule is CC(=O)N1CCN(C(=O)c2oc3ccc(Cl)cc3c2C)CC1. The summed E-state index contributed by atoms with van der Waals surface area (Å²) < 4.78 is 5.71. The number of furan rings is 1. The summed E-state index contributed by atoms with van der Waals surface area (Å²) in [6.45, 7) is 5.58. The van der Waals surface area contributed by atoms with E-state index in [0.29, 0.717) is 42.5 Å². The molecule has 1 aromatic carbocycles. The Labute approximate surface area is 133 Å². The van der Waals surface area contributed by atoms with Crippen LogP contribution in [0.2, 0.25) is 5.02 Å². The number of hydrogen-bond acceptors (Lipinski definition) is 3. The molecule has 0 unspecified atom stereocenters. The van der Waals surface area contributed by atoms with Gasteiger partial charge >= 0.3 is 0 Å². The molecule has 0 atom stereocenters. The zero-order chi connectivity index (χ0) is 15.9. The summed E-state index contributed by atoms with van der Waals surface area (Å²) in [4.78, 5) is 27.5. The molecule has 0 aliphatic carbocycles. The van der Waals surface area contributed by atoms with E-state index in [1.165, 1.54) is 0 Å². The van der Waals surface area contributed by atoms with Crippen molar-refractivity contribution < 1.29 is 14.0 Å². The average molecular weight is 321 g/mol. The number of hydrogen-bond donors (Lipinski definition) is 0. The maximum absolute atomic E-state index is 12.6. The zero-order valence-electron chi connectivity index (χ0n) is 12.6. The van der Waals surface area contributed by atoms with Crippen molar-refractivity contribution >= 4 is 34.4 Å². The average Bonchev–Trinajstić information content (AvgIpc) is 2.83. The van der Waals surface area contributed by atoms with Crippen LogP contribution in [0.5, 0.6) is 0 Å². The van der Waals surface area contributed by atoms with Gasteiger partial charge in [-0.3, -0.25) is 9.59 Å². The second-order valence-electron chi connectivity index (χ2n) is 5.49. The first-order valence-electron chi connectivity index (χ1n) is 7.21. The van der Waals surface area contributed by atoms with Crippen LogP contribution in [0.4, 0.5) is 0 Å². The largest absolute Gasteiger partial charge is 0.451 e. The van der Waals surface area contributed by atoms with E-state index < -0.39 is 0 Å². The lowest BCUT2D eigenvalue weighted by Crippen LogP contribution is -2.50. The third-order valence-electron chi connectivity index (χ3n) is 4.10. The van der Waals surface area contributed by atoms with Gasteiger partial charge in [0.1, 0.15) is 5.58 Å². The van der Waals surface area contributed by atoms with E-state index in [-0.39, 0.29) is 11.8 Å². The summed E-state index contributed by atoms with van der Waals surface area (Å²) in [6, 6.07) is 5.32. The molecule has 3 rings (SSSR count). The maximum Gasteiger partial charge on any atom is 0.290 e. The molecule has 1 aromatic heterocycles. The Morgan fingerprint density at radius 3 is 2.41 bits per heavy atom. The maximum atomic E-state index is 12.6. The molecular weight excluding hydrogens is 304 g/mol. The van der Waals surface area contributed by atoms with Gasteiger partial charge in [-0.1, -0.05) is 11.6 Å². The van der Waals surface area contributed by atoms with Gasteiger partial charge in [-0.2, -0.15) is 0 Å². The molecule has 1 aliphatic rings. The Morgan fingerprint density at radius 1 is 1.14 bits per heavy atom. The molecule has 2 heterocycles. The van der Waals surface area contributed by atoms with Crippen molar-refractivity contribution in [2.75, 3.05) is 26.2 Å². The number of rotatable bonds is 1. The number of nitrogens with zero attached hydrogens (tertiary/aromatic N) is 2. The quantitative estimate of drug-likeness (QED) is 0.811. The Bertz CT molecular complexity index is 745. The van der Waals surface area contributed by atoms with Crippen molar-refractivity contribution in [1.82, 2.24) is 9.80 Å². The van der Waals surface area contributed by atoms with Gasteiger partial charge in [0.15, 0.2) is 5.76 Å². The topological polar surface area (TPSA) is 53.8 Å². The second kappa shape index (κ2) is 5.65. The molecule has 0 spiro atoms. The van der Waals surface area contributed by atoms with Crippen molar-refractivity contribution in [3.05, 3.63) is 34.5 Å². The molecule has 2 amide bonds. The molecule has 5 nitrogen and oxygen atoms in total. The molecule has 6 heteroatoms. The number of aryl methyl sites for hydroxylation is 1. The van der Waals surface area contributed by atoms with Crippen LogP contribution in [0.3, 0.4) is 0 Å². The second-order valence-corrected chi connectivity index (χ2v) is 5.93. The van der Waals surface area contributed by atoms with Gasteiger partial charge in [-0.25, -0.2) is 0 Å². The molecule has 22 heavy (non-hydrogen) atoms. The minimum atomic E-state index is -0.131. The highest BCUT2D eigenvalue weighted by Gasteiger charge is 2.27. The summed E-state index contributed by atoms with van der Waals surface area (Å²) in [5, 5.41) is 1.48. The number of halogens is 1. The van der Waals surface area contributed by atoms with Gasteiger partial charge in [0.2, 0.25) is 5.91 Å². The van der Waals surface area contributed by atoms with E-state index in [4.69, 9.17) is 16.0 Å². The first-order chi connectivity index (χ1) is 10.5. The van der Waals surface area contributed by atoms with E-state index in [1.807, 2.05) is 6.92 Å². The number of amides is 2. The van der Waals surface area contributed by atoms with Crippen molar-refractivity contribution in [1.29, 1.82) is 0 Å². The fourth-order valence-electron chi connectivity index (χ4n) is 2.77. The van der Waals surface area contributed by atoms with Crippen LogP contribution in [-0.4, -0.2) is 47.8 Å². The van der Waals surface area contributed by atoms with E-state index in [0.717, 1.165) is 10.9 Å². The minimum absolute atomic E-state index is 0.0432. The standard InChI is InChI=1S/C16H17ClN2O3/c1-10-13-9-12(17)3-4-14(13)22-15(10)16(21)19-7-5-18(6-8-19)11(2)20/h3-4,9H,5-8H2,1-2H3.